The van der Waals surface area contributed by atoms with Gasteiger partial charge in [-0.3, -0.25) is 4.79 Å². The maximum atomic E-state index is 13.2. The molecule has 138 valence electrons. The summed E-state index contributed by atoms with van der Waals surface area (Å²) in [7, 11) is 0. The zero-order chi connectivity index (χ0) is 18.3. The minimum Gasteiger partial charge on any atom is -0.355 e. The SMILES string of the molecule is O=C1N(CCc2ccccc2)CCC12CCN(c1ncnc3sccc13)C2. The van der Waals surface area contributed by atoms with E-state index in [2.05, 4.69) is 55.5 Å². The predicted octanol–water partition coefficient (Wildman–Crippen LogP) is 3.36. The Morgan fingerprint density at radius 1 is 1.07 bits per heavy atom. The molecule has 1 atom stereocenters. The number of carbonyl (C=O) groups excluding carboxylic acids is 1. The lowest BCUT2D eigenvalue weighted by Crippen LogP contribution is -2.37. The summed E-state index contributed by atoms with van der Waals surface area (Å²) in [6, 6.07) is 12.5. The molecule has 6 heteroatoms. The molecule has 5 nitrogen and oxygen atoms in total. The molecule has 1 amide bonds. The van der Waals surface area contributed by atoms with Crippen molar-refractivity contribution < 1.29 is 4.79 Å². The molecule has 0 saturated carbocycles. The third-order valence-electron chi connectivity index (χ3n) is 6.01. The van der Waals surface area contributed by atoms with Crippen LogP contribution in [-0.2, 0) is 11.2 Å². The first kappa shape index (κ1) is 16.7. The van der Waals surface area contributed by atoms with Gasteiger partial charge in [-0.1, -0.05) is 30.3 Å². The van der Waals surface area contributed by atoms with E-state index in [1.807, 2.05) is 6.07 Å². The molecule has 2 aliphatic heterocycles. The van der Waals surface area contributed by atoms with Crippen molar-refractivity contribution in [1.82, 2.24) is 14.9 Å². The Kier molecular flexibility index (Phi) is 4.08. The lowest BCUT2D eigenvalue weighted by molar-refractivity contribution is -0.135. The number of hydrogen-bond donors (Lipinski definition) is 0. The molecule has 2 aliphatic rings. The smallest absolute Gasteiger partial charge is 0.230 e. The van der Waals surface area contributed by atoms with Gasteiger partial charge < -0.3 is 9.80 Å². The number of amides is 1. The van der Waals surface area contributed by atoms with Gasteiger partial charge in [0.05, 0.1) is 10.8 Å². The van der Waals surface area contributed by atoms with Gasteiger partial charge >= 0.3 is 0 Å². The van der Waals surface area contributed by atoms with Crippen LogP contribution in [0.25, 0.3) is 10.2 Å². The Morgan fingerprint density at radius 2 is 1.93 bits per heavy atom. The van der Waals surface area contributed by atoms with Crippen LogP contribution in [0.2, 0.25) is 0 Å². The first-order valence-corrected chi connectivity index (χ1v) is 10.4. The maximum absolute atomic E-state index is 13.2. The second-order valence-electron chi connectivity index (χ2n) is 7.57. The van der Waals surface area contributed by atoms with Crippen molar-refractivity contribution in [3.63, 3.8) is 0 Å². The summed E-state index contributed by atoms with van der Waals surface area (Å²) < 4.78 is 0. The first-order chi connectivity index (χ1) is 13.3. The van der Waals surface area contributed by atoms with E-state index < -0.39 is 0 Å². The summed E-state index contributed by atoms with van der Waals surface area (Å²) in [6.07, 6.45) is 4.44. The first-order valence-electron chi connectivity index (χ1n) is 9.52. The van der Waals surface area contributed by atoms with Crippen LogP contribution in [0.3, 0.4) is 0 Å². The van der Waals surface area contributed by atoms with Gasteiger partial charge in [0, 0.05) is 26.2 Å². The van der Waals surface area contributed by atoms with E-state index in [0.29, 0.717) is 5.91 Å². The summed E-state index contributed by atoms with van der Waals surface area (Å²) in [5, 5.41) is 3.16. The maximum Gasteiger partial charge on any atom is 0.230 e. The van der Waals surface area contributed by atoms with E-state index in [1.165, 1.54) is 5.56 Å². The van der Waals surface area contributed by atoms with Crippen LogP contribution in [0.1, 0.15) is 18.4 Å². The molecular formula is C21H22N4OS. The number of aromatic nitrogens is 2. The fraction of sp³-hybridized carbons (Fsp3) is 0.381. The number of nitrogens with zero attached hydrogens (tertiary/aromatic N) is 4. The highest BCUT2D eigenvalue weighted by Crippen LogP contribution is 2.43. The molecule has 1 spiro atoms. The van der Waals surface area contributed by atoms with Crippen molar-refractivity contribution in [1.29, 1.82) is 0 Å². The number of fused-ring (bicyclic) bond motifs is 1. The van der Waals surface area contributed by atoms with Gasteiger partial charge in [0.15, 0.2) is 0 Å². The summed E-state index contributed by atoms with van der Waals surface area (Å²) in [5.74, 6) is 1.31. The highest BCUT2D eigenvalue weighted by molar-refractivity contribution is 7.16. The highest BCUT2D eigenvalue weighted by atomic mass is 32.1. The Hall–Kier alpha value is -2.47. The third kappa shape index (κ3) is 2.88. The molecule has 2 saturated heterocycles. The standard InChI is InChI=1S/C21H22N4OS/c26-20-21(8-11-24(20)10-6-16-4-2-1-3-5-16)9-12-25(14-21)18-17-7-13-27-19(17)23-15-22-18/h1-5,7,13,15H,6,8-12,14H2. The molecule has 3 aromatic rings. The number of benzene rings is 1. The predicted molar refractivity (Wildman–Crippen MR) is 108 cm³/mol. The van der Waals surface area contributed by atoms with Gasteiger partial charge in [-0.15, -0.1) is 11.3 Å². The monoisotopic (exact) mass is 378 g/mol. The van der Waals surface area contributed by atoms with Gasteiger partial charge in [-0.25, -0.2) is 9.97 Å². The Bertz CT molecular complexity index is 972. The van der Waals surface area contributed by atoms with Gasteiger partial charge in [-0.05, 0) is 36.3 Å². The molecular weight excluding hydrogens is 356 g/mol. The van der Waals surface area contributed by atoms with Crippen molar-refractivity contribution in [3.05, 3.63) is 53.7 Å². The van der Waals surface area contributed by atoms with Crippen molar-refractivity contribution in [2.45, 2.75) is 19.3 Å². The zero-order valence-electron chi connectivity index (χ0n) is 15.2. The summed E-state index contributed by atoms with van der Waals surface area (Å²) in [5.41, 5.74) is 1.06. The molecule has 1 aromatic carbocycles. The van der Waals surface area contributed by atoms with Crippen molar-refractivity contribution in [2.75, 3.05) is 31.1 Å². The molecule has 0 bridgehead atoms. The average Bonchev–Trinajstić information content (AvgIpc) is 3.42. The second-order valence-corrected chi connectivity index (χ2v) is 8.46. The fourth-order valence-corrected chi connectivity index (χ4v) is 5.20. The Balaban J connectivity index is 1.30. The topological polar surface area (TPSA) is 49.3 Å². The van der Waals surface area contributed by atoms with Crippen LogP contribution in [0, 0.1) is 5.41 Å². The molecule has 4 heterocycles. The summed E-state index contributed by atoms with van der Waals surface area (Å²) >= 11 is 1.64. The number of hydrogen-bond acceptors (Lipinski definition) is 5. The van der Waals surface area contributed by atoms with Crippen LogP contribution < -0.4 is 4.90 Å². The number of rotatable bonds is 4. The minimum atomic E-state index is -0.232. The Morgan fingerprint density at radius 3 is 2.81 bits per heavy atom. The molecule has 2 fully saturated rings. The molecule has 0 radical (unpaired) electrons. The van der Waals surface area contributed by atoms with E-state index >= 15 is 0 Å². The van der Waals surface area contributed by atoms with E-state index in [4.69, 9.17) is 0 Å². The van der Waals surface area contributed by atoms with Gasteiger partial charge in [0.1, 0.15) is 17.0 Å². The number of likely N-dealkylation sites (tertiary alicyclic amines) is 1. The van der Waals surface area contributed by atoms with Crippen molar-refractivity contribution in [2.24, 2.45) is 5.41 Å². The Labute approximate surface area is 162 Å². The lowest BCUT2D eigenvalue weighted by Gasteiger charge is -2.24. The van der Waals surface area contributed by atoms with E-state index in [1.54, 1.807) is 17.7 Å². The fourth-order valence-electron chi connectivity index (χ4n) is 4.48. The van der Waals surface area contributed by atoms with Crippen molar-refractivity contribution in [3.8, 4) is 0 Å². The lowest BCUT2D eigenvalue weighted by atomic mass is 9.85. The molecule has 1 unspecified atom stereocenters. The minimum absolute atomic E-state index is 0.232. The molecule has 0 aliphatic carbocycles. The molecule has 27 heavy (non-hydrogen) atoms. The van der Waals surface area contributed by atoms with E-state index in [9.17, 15) is 4.79 Å². The normalized spacial score (nSPS) is 22.4. The average molecular weight is 379 g/mol. The van der Waals surface area contributed by atoms with Gasteiger partial charge in [-0.2, -0.15) is 0 Å². The van der Waals surface area contributed by atoms with Gasteiger partial charge in [0.25, 0.3) is 0 Å². The summed E-state index contributed by atoms with van der Waals surface area (Å²) in [4.78, 5) is 27.5. The zero-order valence-corrected chi connectivity index (χ0v) is 16.0. The van der Waals surface area contributed by atoms with Crippen LogP contribution in [0.4, 0.5) is 5.82 Å². The summed E-state index contributed by atoms with van der Waals surface area (Å²) in [6.45, 7) is 3.35. The quantitative estimate of drug-likeness (QED) is 0.698. The number of anilines is 1. The third-order valence-corrected chi connectivity index (χ3v) is 6.83. The van der Waals surface area contributed by atoms with Crippen LogP contribution in [0.5, 0.6) is 0 Å². The van der Waals surface area contributed by atoms with Crippen molar-refractivity contribution >= 4 is 33.3 Å². The van der Waals surface area contributed by atoms with E-state index in [-0.39, 0.29) is 5.41 Å². The van der Waals surface area contributed by atoms with Crippen LogP contribution in [-0.4, -0.2) is 47.0 Å². The second kappa shape index (κ2) is 6.60. The number of thiophene rings is 1. The van der Waals surface area contributed by atoms with Crippen LogP contribution >= 0.6 is 11.3 Å². The number of carbonyl (C=O) groups is 1. The van der Waals surface area contributed by atoms with E-state index in [0.717, 1.165) is 61.5 Å². The highest BCUT2D eigenvalue weighted by Gasteiger charge is 2.50. The van der Waals surface area contributed by atoms with Crippen LogP contribution in [0.15, 0.2) is 48.1 Å². The van der Waals surface area contributed by atoms with Gasteiger partial charge in [0.2, 0.25) is 5.91 Å². The molecule has 2 aromatic heterocycles. The largest absolute Gasteiger partial charge is 0.355 e. The molecule has 0 N–H and O–H groups in total. The molecule has 5 rings (SSSR count).